The van der Waals surface area contributed by atoms with Gasteiger partial charge in [0.05, 0.1) is 5.41 Å². The smallest absolute Gasteiger partial charge is 0.410 e. The van der Waals surface area contributed by atoms with Crippen molar-refractivity contribution in [2.45, 2.75) is 92.3 Å². The van der Waals surface area contributed by atoms with Gasteiger partial charge in [0.25, 0.3) is 0 Å². The molecule has 0 N–H and O–H groups in total. The zero-order valence-corrected chi connectivity index (χ0v) is 28.7. The topological polar surface area (TPSA) is 65.1 Å². The minimum absolute atomic E-state index is 0.0252. The van der Waals surface area contributed by atoms with Crippen molar-refractivity contribution in [3.8, 4) is 11.5 Å². The summed E-state index contributed by atoms with van der Waals surface area (Å²) in [6, 6.07) is 19.3. The molecule has 2 atom stereocenters. The second-order valence-corrected chi connectivity index (χ2v) is 15.5. The predicted molar refractivity (Wildman–Crippen MR) is 182 cm³/mol. The average Bonchev–Trinajstić information content (AvgIpc) is 3.52. The average molecular weight is 640 g/mol. The van der Waals surface area contributed by atoms with Crippen LogP contribution in [0.2, 0.25) is 0 Å². The van der Waals surface area contributed by atoms with Crippen LogP contribution < -0.4 is 9.47 Å². The first-order valence-corrected chi connectivity index (χ1v) is 16.7. The molecule has 248 valence electrons. The summed E-state index contributed by atoms with van der Waals surface area (Å²) in [5, 5.41) is 0. The summed E-state index contributed by atoms with van der Waals surface area (Å²) in [7, 11) is 0. The Morgan fingerprint density at radius 2 is 1.60 bits per heavy atom. The van der Waals surface area contributed by atoms with Gasteiger partial charge in [-0.1, -0.05) is 30.3 Å². The highest BCUT2D eigenvalue weighted by Crippen LogP contribution is 2.55. The van der Waals surface area contributed by atoms with Crippen LogP contribution in [-0.4, -0.2) is 41.8 Å². The summed E-state index contributed by atoms with van der Waals surface area (Å²) in [6.07, 6.45) is 3.91. The molecule has 0 bridgehead atoms. The molecule has 6 nitrogen and oxygen atoms in total. The lowest BCUT2D eigenvalue weighted by atomic mass is 9.87. The van der Waals surface area contributed by atoms with E-state index in [4.69, 9.17) is 14.2 Å². The van der Waals surface area contributed by atoms with Gasteiger partial charge in [-0.25, -0.2) is 9.18 Å². The van der Waals surface area contributed by atoms with Gasteiger partial charge in [0.2, 0.25) is 0 Å². The lowest BCUT2D eigenvalue weighted by Crippen LogP contribution is -2.35. The molecule has 7 heteroatoms. The monoisotopic (exact) mass is 639 g/mol. The number of hydrogen-bond donors (Lipinski definition) is 0. The molecule has 3 aliphatic rings. The fourth-order valence-electron chi connectivity index (χ4n) is 6.70. The van der Waals surface area contributed by atoms with Gasteiger partial charge in [-0.2, -0.15) is 0 Å². The summed E-state index contributed by atoms with van der Waals surface area (Å²) in [5.74, 6) is 0.778. The van der Waals surface area contributed by atoms with E-state index < -0.39 is 11.0 Å². The second kappa shape index (κ2) is 12.1. The van der Waals surface area contributed by atoms with Crippen LogP contribution in [0, 0.1) is 23.6 Å². The number of hydrogen-bond acceptors (Lipinski definition) is 5. The van der Waals surface area contributed by atoms with Crippen molar-refractivity contribution in [3.63, 3.8) is 0 Å². The van der Waals surface area contributed by atoms with Crippen LogP contribution in [0.25, 0.3) is 11.1 Å². The number of carbonyl (C=O) groups is 2. The number of nitrogens with zero attached hydrogens (tertiary/aromatic N) is 1. The van der Waals surface area contributed by atoms with Gasteiger partial charge in [-0.3, -0.25) is 4.79 Å². The molecule has 3 aromatic rings. The Morgan fingerprint density at radius 3 is 2.28 bits per heavy atom. The Labute approximate surface area is 277 Å². The molecule has 0 aromatic heterocycles. The van der Waals surface area contributed by atoms with Gasteiger partial charge in [0.1, 0.15) is 29.0 Å². The Balaban J connectivity index is 1.28. The molecule has 2 fully saturated rings. The van der Waals surface area contributed by atoms with E-state index in [1.807, 2.05) is 90.9 Å². The summed E-state index contributed by atoms with van der Waals surface area (Å²) < 4.78 is 33.3. The van der Waals surface area contributed by atoms with Gasteiger partial charge in [0.15, 0.2) is 0 Å². The van der Waals surface area contributed by atoms with Gasteiger partial charge in [0, 0.05) is 24.1 Å². The quantitative estimate of drug-likeness (QED) is 0.206. The van der Waals surface area contributed by atoms with E-state index >= 15 is 4.39 Å². The number of benzene rings is 3. The van der Waals surface area contributed by atoms with Crippen LogP contribution in [-0.2, 0) is 16.0 Å². The molecule has 3 aromatic carbocycles. The Hall–Kier alpha value is -4.13. The Morgan fingerprint density at radius 1 is 0.894 bits per heavy atom. The standard InChI is InChI=1S/C40H46FNO5/c1-25-11-17-31(33(41)21-25)32-10-8-9-27-22-29(46-36(43)38(2,3)4)16-18-30(27)35(32)26-12-14-28(15-13-26)45-34-23-40(34)19-20-42(24-40)37(44)47-39(5,6)7/h11-18,21-22,34H,8-10,19-20,23-24H2,1-7H3. The van der Waals surface area contributed by atoms with Crippen LogP contribution in [0.15, 0.2) is 60.7 Å². The van der Waals surface area contributed by atoms with Crippen LogP contribution in [0.4, 0.5) is 9.18 Å². The first kappa shape index (κ1) is 32.8. The number of halogens is 1. The van der Waals surface area contributed by atoms with Crippen molar-refractivity contribution in [2.24, 2.45) is 10.8 Å². The maximum absolute atomic E-state index is 15.5. The van der Waals surface area contributed by atoms with Gasteiger partial charge < -0.3 is 19.1 Å². The number of likely N-dealkylation sites (tertiary alicyclic amines) is 1. The molecular weight excluding hydrogens is 593 g/mol. The number of ether oxygens (including phenoxy) is 3. The third kappa shape index (κ3) is 7.09. The highest BCUT2D eigenvalue weighted by atomic mass is 19.1. The molecule has 1 saturated heterocycles. The highest BCUT2D eigenvalue weighted by molar-refractivity contribution is 6.00. The van der Waals surface area contributed by atoms with Gasteiger partial charge >= 0.3 is 12.1 Å². The van der Waals surface area contributed by atoms with E-state index in [-0.39, 0.29) is 29.4 Å². The Bertz CT molecular complexity index is 1730. The van der Waals surface area contributed by atoms with Gasteiger partial charge in [-0.05, 0) is 144 Å². The number of amides is 1. The van der Waals surface area contributed by atoms with Crippen molar-refractivity contribution in [1.82, 2.24) is 4.90 Å². The molecule has 2 unspecified atom stereocenters. The largest absolute Gasteiger partial charge is 0.490 e. The molecule has 1 saturated carbocycles. The lowest BCUT2D eigenvalue weighted by molar-refractivity contribution is -0.143. The van der Waals surface area contributed by atoms with E-state index in [1.165, 1.54) is 0 Å². The number of aryl methyl sites for hydroxylation is 2. The Kier molecular flexibility index (Phi) is 8.48. The van der Waals surface area contributed by atoms with E-state index in [2.05, 4.69) is 12.1 Å². The number of fused-ring (bicyclic) bond motifs is 1. The maximum Gasteiger partial charge on any atom is 0.410 e. The minimum atomic E-state index is -0.618. The zero-order chi connectivity index (χ0) is 33.7. The maximum atomic E-state index is 15.5. The predicted octanol–water partition coefficient (Wildman–Crippen LogP) is 9.16. The SMILES string of the molecule is Cc1ccc(C2=C(c3ccc(OC4CC45CCN(C(=O)OC(C)(C)C)C5)cc3)c3ccc(OC(=O)C(C)(C)C)cc3CCC2)c(F)c1. The number of rotatable bonds is 5. The van der Waals surface area contributed by atoms with Crippen LogP contribution in [0.3, 0.4) is 0 Å². The molecule has 2 aliphatic carbocycles. The van der Waals surface area contributed by atoms with E-state index in [0.29, 0.717) is 30.8 Å². The number of carbonyl (C=O) groups excluding carboxylic acids is 2. The number of allylic oxidation sites excluding steroid dienone is 1. The molecule has 0 radical (unpaired) electrons. The van der Waals surface area contributed by atoms with E-state index in [1.54, 1.807) is 11.0 Å². The zero-order valence-electron chi connectivity index (χ0n) is 28.7. The highest BCUT2D eigenvalue weighted by Gasteiger charge is 2.60. The van der Waals surface area contributed by atoms with Crippen molar-refractivity contribution >= 4 is 23.2 Å². The normalized spacial score (nSPS) is 20.9. The first-order valence-electron chi connectivity index (χ1n) is 16.7. The third-order valence-electron chi connectivity index (χ3n) is 9.37. The fourth-order valence-corrected chi connectivity index (χ4v) is 6.70. The molecular formula is C40H46FNO5. The fraction of sp³-hybridized carbons (Fsp3) is 0.450. The molecule has 1 heterocycles. The number of esters is 1. The molecule has 1 aliphatic heterocycles. The van der Waals surface area contributed by atoms with Crippen LogP contribution in [0.5, 0.6) is 11.5 Å². The minimum Gasteiger partial charge on any atom is -0.490 e. The summed E-state index contributed by atoms with van der Waals surface area (Å²) in [4.78, 5) is 27.1. The van der Waals surface area contributed by atoms with Crippen molar-refractivity contribution in [3.05, 3.63) is 94.3 Å². The summed E-state index contributed by atoms with van der Waals surface area (Å²) in [5.41, 5.74) is 5.31. The van der Waals surface area contributed by atoms with Gasteiger partial charge in [-0.15, -0.1) is 0 Å². The molecule has 1 spiro atoms. The van der Waals surface area contributed by atoms with Crippen molar-refractivity contribution < 1.29 is 28.2 Å². The molecule has 1 amide bonds. The second-order valence-electron chi connectivity index (χ2n) is 15.5. The first-order chi connectivity index (χ1) is 22.1. The third-order valence-corrected chi connectivity index (χ3v) is 9.37. The van der Waals surface area contributed by atoms with E-state index in [9.17, 15) is 9.59 Å². The summed E-state index contributed by atoms with van der Waals surface area (Å²) in [6.45, 7) is 14.4. The van der Waals surface area contributed by atoms with E-state index in [0.717, 1.165) is 64.8 Å². The molecule has 47 heavy (non-hydrogen) atoms. The van der Waals surface area contributed by atoms with Crippen molar-refractivity contribution in [2.75, 3.05) is 13.1 Å². The van der Waals surface area contributed by atoms with Crippen molar-refractivity contribution in [1.29, 1.82) is 0 Å². The summed E-state index contributed by atoms with van der Waals surface area (Å²) >= 11 is 0. The van der Waals surface area contributed by atoms with Crippen LogP contribution in [0.1, 0.15) is 95.0 Å². The molecule has 6 rings (SSSR count). The lowest BCUT2D eigenvalue weighted by Gasteiger charge is -2.24. The van der Waals surface area contributed by atoms with Crippen LogP contribution >= 0.6 is 0 Å².